The monoisotopic (exact) mass is 231 g/mol. The first-order valence-electron chi connectivity index (χ1n) is 5.39. The maximum atomic E-state index is 9.09. The molecule has 1 aromatic carbocycles. The molecule has 88 valence electrons. The first kappa shape index (κ1) is 11.8. The van der Waals surface area contributed by atoms with Crippen LogP contribution in [0.2, 0.25) is 0 Å². The van der Waals surface area contributed by atoms with Gasteiger partial charge in [-0.25, -0.2) is 9.67 Å². The van der Waals surface area contributed by atoms with Crippen molar-refractivity contribution in [2.75, 3.05) is 0 Å². The lowest BCUT2D eigenvalue weighted by molar-refractivity contribution is 0.425. The van der Waals surface area contributed by atoms with E-state index in [1.807, 2.05) is 19.9 Å². The molecule has 0 saturated heterocycles. The maximum Gasteiger partial charge on any atom is 0.488 e. The predicted octanol–water partition coefficient (Wildman–Crippen LogP) is -0.377. The quantitative estimate of drug-likeness (QED) is 0.706. The lowest BCUT2D eigenvalue weighted by Gasteiger charge is -2.05. The minimum absolute atomic E-state index is 0.483. The summed E-state index contributed by atoms with van der Waals surface area (Å²) < 4.78 is 1.79. The van der Waals surface area contributed by atoms with Crippen LogP contribution >= 0.6 is 0 Å². The summed E-state index contributed by atoms with van der Waals surface area (Å²) in [7, 11) is -1.44. The van der Waals surface area contributed by atoms with Crippen LogP contribution in [0.5, 0.6) is 0 Å². The molecule has 2 N–H and O–H groups in total. The molecule has 0 spiro atoms. The van der Waals surface area contributed by atoms with Gasteiger partial charge in [-0.1, -0.05) is 24.3 Å². The highest BCUT2D eigenvalue weighted by atomic mass is 16.4. The third-order valence-corrected chi connectivity index (χ3v) is 2.54. The Morgan fingerprint density at radius 2 is 2.06 bits per heavy atom. The molecule has 0 aliphatic carbocycles. The van der Waals surface area contributed by atoms with Gasteiger partial charge in [0.25, 0.3) is 0 Å². The molecule has 0 amide bonds. The minimum atomic E-state index is -1.44. The van der Waals surface area contributed by atoms with E-state index in [0.29, 0.717) is 12.0 Å². The van der Waals surface area contributed by atoms with E-state index in [-0.39, 0.29) is 0 Å². The lowest BCUT2D eigenvalue weighted by atomic mass is 9.80. The van der Waals surface area contributed by atoms with Crippen LogP contribution in [0.1, 0.15) is 17.2 Å². The van der Waals surface area contributed by atoms with E-state index in [1.165, 1.54) is 0 Å². The van der Waals surface area contributed by atoms with Gasteiger partial charge in [0.2, 0.25) is 0 Å². The van der Waals surface area contributed by atoms with E-state index < -0.39 is 7.12 Å². The van der Waals surface area contributed by atoms with Crippen LogP contribution in [0.3, 0.4) is 0 Å². The second kappa shape index (κ2) is 4.69. The molecule has 0 atom stereocenters. The molecule has 0 aliphatic heterocycles. The van der Waals surface area contributed by atoms with Gasteiger partial charge in [0.05, 0.1) is 6.54 Å². The standard InChI is InChI=1S/C11H14BN3O2/c1-8-13-9(2)15(14-8)7-10-4-3-5-11(6-10)12(16)17/h3-6,16-17H,7H2,1-2H3. The van der Waals surface area contributed by atoms with Crippen LogP contribution in [0.15, 0.2) is 24.3 Å². The third-order valence-electron chi connectivity index (χ3n) is 2.54. The largest absolute Gasteiger partial charge is 0.488 e. The first-order valence-corrected chi connectivity index (χ1v) is 5.39. The zero-order valence-electron chi connectivity index (χ0n) is 9.83. The number of aromatic nitrogens is 3. The fourth-order valence-electron chi connectivity index (χ4n) is 1.74. The van der Waals surface area contributed by atoms with Gasteiger partial charge in [-0.05, 0) is 24.9 Å². The fourth-order valence-corrected chi connectivity index (χ4v) is 1.74. The van der Waals surface area contributed by atoms with Gasteiger partial charge in [-0.3, -0.25) is 0 Å². The van der Waals surface area contributed by atoms with Gasteiger partial charge in [0.15, 0.2) is 0 Å². The van der Waals surface area contributed by atoms with Gasteiger partial charge >= 0.3 is 7.12 Å². The summed E-state index contributed by atoms with van der Waals surface area (Å²) in [6, 6.07) is 7.14. The topological polar surface area (TPSA) is 71.2 Å². The summed E-state index contributed by atoms with van der Waals surface area (Å²) >= 11 is 0. The van der Waals surface area contributed by atoms with Gasteiger partial charge in [-0.2, -0.15) is 5.10 Å². The maximum absolute atomic E-state index is 9.09. The van der Waals surface area contributed by atoms with E-state index in [0.717, 1.165) is 17.2 Å². The highest BCUT2D eigenvalue weighted by Crippen LogP contribution is 2.03. The van der Waals surface area contributed by atoms with Crippen LogP contribution < -0.4 is 5.46 Å². The Kier molecular flexibility index (Phi) is 3.26. The van der Waals surface area contributed by atoms with Crippen molar-refractivity contribution < 1.29 is 10.0 Å². The average molecular weight is 231 g/mol. The van der Waals surface area contributed by atoms with E-state index in [2.05, 4.69) is 10.1 Å². The lowest BCUT2D eigenvalue weighted by Crippen LogP contribution is -2.30. The fraction of sp³-hybridized carbons (Fsp3) is 0.273. The summed E-state index contributed by atoms with van der Waals surface area (Å²) in [6.45, 7) is 4.31. The highest BCUT2D eigenvalue weighted by Gasteiger charge is 2.11. The van der Waals surface area contributed by atoms with E-state index in [1.54, 1.807) is 22.9 Å². The SMILES string of the molecule is Cc1nc(C)n(Cc2cccc(B(O)O)c2)n1. The highest BCUT2D eigenvalue weighted by molar-refractivity contribution is 6.58. The van der Waals surface area contributed by atoms with E-state index in [4.69, 9.17) is 10.0 Å². The van der Waals surface area contributed by atoms with Crippen LogP contribution in [0.25, 0.3) is 0 Å². The molecule has 0 saturated carbocycles. The summed E-state index contributed by atoms with van der Waals surface area (Å²) in [6.07, 6.45) is 0. The Hall–Kier alpha value is -1.66. The number of hydrogen-bond donors (Lipinski definition) is 2. The first-order chi connectivity index (χ1) is 8.06. The van der Waals surface area contributed by atoms with Gasteiger partial charge in [-0.15, -0.1) is 0 Å². The van der Waals surface area contributed by atoms with Crippen molar-refractivity contribution in [3.05, 3.63) is 41.5 Å². The van der Waals surface area contributed by atoms with Crippen LogP contribution in [0.4, 0.5) is 0 Å². The van der Waals surface area contributed by atoms with E-state index >= 15 is 0 Å². The molecule has 0 unspecified atom stereocenters. The zero-order valence-corrected chi connectivity index (χ0v) is 9.83. The number of benzene rings is 1. The Morgan fingerprint density at radius 1 is 1.29 bits per heavy atom. The normalized spacial score (nSPS) is 10.6. The van der Waals surface area contributed by atoms with Crippen molar-refractivity contribution in [2.24, 2.45) is 0 Å². The van der Waals surface area contributed by atoms with Crippen molar-refractivity contribution in [1.82, 2.24) is 14.8 Å². The van der Waals surface area contributed by atoms with Crippen LogP contribution in [-0.4, -0.2) is 31.9 Å². The zero-order chi connectivity index (χ0) is 12.4. The molecule has 6 heteroatoms. The van der Waals surface area contributed by atoms with Gasteiger partial charge in [0, 0.05) is 0 Å². The summed E-state index contributed by atoms with van der Waals surface area (Å²) in [5.41, 5.74) is 1.44. The van der Waals surface area contributed by atoms with Crippen LogP contribution in [-0.2, 0) is 6.54 Å². The summed E-state index contributed by atoms with van der Waals surface area (Å²) in [5, 5.41) is 22.4. The summed E-state index contributed by atoms with van der Waals surface area (Å²) in [5.74, 6) is 1.58. The van der Waals surface area contributed by atoms with Crippen LogP contribution in [0, 0.1) is 13.8 Å². The molecule has 0 fully saturated rings. The molecule has 1 heterocycles. The average Bonchev–Trinajstić information content (AvgIpc) is 2.58. The van der Waals surface area contributed by atoms with Crippen molar-refractivity contribution in [3.8, 4) is 0 Å². The number of hydrogen-bond acceptors (Lipinski definition) is 4. The Labute approximate surface area is 99.9 Å². The molecule has 0 aliphatic rings. The van der Waals surface area contributed by atoms with Crippen molar-refractivity contribution >= 4 is 12.6 Å². The molecular weight excluding hydrogens is 217 g/mol. The molecule has 2 rings (SSSR count). The van der Waals surface area contributed by atoms with Gasteiger partial charge < -0.3 is 10.0 Å². The molecule has 0 radical (unpaired) electrons. The second-order valence-electron chi connectivity index (χ2n) is 3.98. The second-order valence-corrected chi connectivity index (χ2v) is 3.98. The van der Waals surface area contributed by atoms with E-state index in [9.17, 15) is 0 Å². The Balaban J connectivity index is 2.24. The molecule has 5 nitrogen and oxygen atoms in total. The number of aryl methyl sites for hydroxylation is 2. The molecule has 2 aromatic rings. The minimum Gasteiger partial charge on any atom is -0.423 e. The Morgan fingerprint density at radius 3 is 2.65 bits per heavy atom. The predicted molar refractivity (Wildman–Crippen MR) is 64.9 cm³/mol. The smallest absolute Gasteiger partial charge is 0.423 e. The molecular formula is C11H14BN3O2. The Bertz CT molecular complexity index is 525. The third kappa shape index (κ3) is 2.72. The molecule has 1 aromatic heterocycles. The van der Waals surface area contributed by atoms with Crippen molar-refractivity contribution in [3.63, 3.8) is 0 Å². The molecule has 0 bridgehead atoms. The summed E-state index contributed by atoms with van der Waals surface area (Å²) in [4.78, 5) is 4.22. The number of rotatable bonds is 3. The van der Waals surface area contributed by atoms with Crippen molar-refractivity contribution in [2.45, 2.75) is 20.4 Å². The molecule has 17 heavy (non-hydrogen) atoms. The van der Waals surface area contributed by atoms with Crippen molar-refractivity contribution in [1.29, 1.82) is 0 Å². The van der Waals surface area contributed by atoms with Gasteiger partial charge in [0.1, 0.15) is 11.6 Å². The number of nitrogens with zero attached hydrogens (tertiary/aromatic N) is 3.